The Labute approximate surface area is 112 Å². The third-order valence-corrected chi connectivity index (χ3v) is 3.73. The number of carbonyl (C=O) groups is 1. The summed E-state index contributed by atoms with van der Waals surface area (Å²) in [5.74, 6) is 0.922. The van der Waals surface area contributed by atoms with Crippen molar-refractivity contribution in [3.63, 3.8) is 0 Å². The van der Waals surface area contributed by atoms with Gasteiger partial charge < -0.3 is 9.72 Å². The van der Waals surface area contributed by atoms with E-state index in [1.165, 1.54) is 0 Å². The first kappa shape index (κ1) is 12.2. The third kappa shape index (κ3) is 2.35. The van der Waals surface area contributed by atoms with E-state index in [1.54, 1.807) is 0 Å². The van der Waals surface area contributed by atoms with Crippen molar-refractivity contribution < 1.29 is 4.79 Å². The lowest BCUT2D eigenvalue weighted by atomic mass is 9.91. The highest BCUT2D eigenvalue weighted by Crippen LogP contribution is 2.31. The molecule has 2 unspecified atom stereocenters. The normalized spacial score (nSPS) is 23.2. The highest BCUT2D eigenvalue weighted by atomic mass is 16.2. The molecule has 0 saturated carbocycles. The van der Waals surface area contributed by atoms with E-state index in [9.17, 15) is 4.79 Å². The molecule has 19 heavy (non-hydrogen) atoms. The highest BCUT2D eigenvalue weighted by Gasteiger charge is 2.35. The monoisotopic (exact) mass is 257 g/mol. The second-order valence-corrected chi connectivity index (χ2v) is 5.75. The fourth-order valence-electron chi connectivity index (χ4n) is 2.88. The predicted octanol–water partition coefficient (Wildman–Crippen LogP) is 2.35. The molecule has 3 heterocycles. The van der Waals surface area contributed by atoms with Crippen LogP contribution >= 0.6 is 0 Å². The van der Waals surface area contributed by atoms with Crippen LogP contribution in [0.5, 0.6) is 0 Å². The first-order valence-corrected chi connectivity index (χ1v) is 6.86. The van der Waals surface area contributed by atoms with Crippen LogP contribution in [-0.4, -0.2) is 21.3 Å². The molecule has 0 aliphatic carbocycles. The van der Waals surface area contributed by atoms with Gasteiger partial charge in [-0.15, -0.1) is 0 Å². The number of pyridine rings is 1. The lowest BCUT2D eigenvalue weighted by Crippen LogP contribution is -2.29. The Hall–Kier alpha value is -1.84. The van der Waals surface area contributed by atoms with Gasteiger partial charge in [-0.3, -0.25) is 4.79 Å². The van der Waals surface area contributed by atoms with Crippen molar-refractivity contribution >= 4 is 11.6 Å². The maximum absolute atomic E-state index is 11.7. The Morgan fingerprint density at radius 3 is 3.05 bits per heavy atom. The summed E-state index contributed by atoms with van der Waals surface area (Å²) in [5, 5.41) is 3.09. The largest absolute Gasteiger partial charge is 0.353 e. The molecule has 1 N–H and O–H groups in total. The molecule has 1 aliphatic heterocycles. The van der Waals surface area contributed by atoms with Gasteiger partial charge in [-0.05, 0) is 24.5 Å². The Balaban J connectivity index is 1.92. The number of fused-ring (bicyclic) bond motifs is 1. The van der Waals surface area contributed by atoms with E-state index in [2.05, 4.69) is 24.1 Å². The fourth-order valence-corrected chi connectivity index (χ4v) is 2.88. The zero-order chi connectivity index (χ0) is 13.4. The molecule has 2 aromatic heterocycles. The molecule has 0 radical (unpaired) electrons. The second kappa shape index (κ2) is 4.68. The minimum Gasteiger partial charge on any atom is -0.353 e. The molecule has 100 valence electrons. The molecule has 4 heteroatoms. The Morgan fingerprint density at radius 1 is 1.47 bits per heavy atom. The number of nitrogens with one attached hydrogen (secondary N) is 1. The van der Waals surface area contributed by atoms with E-state index >= 15 is 0 Å². The minimum atomic E-state index is 0.146. The summed E-state index contributed by atoms with van der Waals surface area (Å²) in [6.07, 6.45) is 5.60. The number of carbonyl (C=O) groups excluding carboxylic acids is 1. The molecule has 0 aromatic carbocycles. The summed E-state index contributed by atoms with van der Waals surface area (Å²) >= 11 is 0. The lowest BCUT2D eigenvalue weighted by Gasteiger charge is -2.18. The number of aromatic nitrogens is 2. The van der Waals surface area contributed by atoms with Gasteiger partial charge in [0.25, 0.3) is 0 Å². The van der Waals surface area contributed by atoms with Gasteiger partial charge in [0.05, 0.1) is 5.69 Å². The zero-order valence-electron chi connectivity index (χ0n) is 11.3. The van der Waals surface area contributed by atoms with Crippen LogP contribution in [0, 0.1) is 5.92 Å². The van der Waals surface area contributed by atoms with Crippen molar-refractivity contribution in [2.45, 2.75) is 38.6 Å². The van der Waals surface area contributed by atoms with Gasteiger partial charge in [0, 0.05) is 30.8 Å². The number of rotatable bonds is 3. The topological polar surface area (TPSA) is 46.4 Å². The average Bonchev–Trinajstić information content (AvgIpc) is 2.91. The molecule has 0 spiro atoms. The lowest BCUT2D eigenvalue weighted by molar-refractivity contribution is -0.119. The smallest absolute Gasteiger partial charge is 0.220 e. The van der Waals surface area contributed by atoms with Gasteiger partial charge in [0.2, 0.25) is 5.91 Å². The van der Waals surface area contributed by atoms with Gasteiger partial charge in [0.15, 0.2) is 0 Å². The maximum Gasteiger partial charge on any atom is 0.220 e. The van der Waals surface area contributed by atoms with E-state index in [0.717, 1.165) is 17.8 Å². The quantitative estimate of drug-likeness (QED) is 0.917. The number of hydrogen-bond acceptors (Lipinski definition) is 2. The fraction of sp³-hybridized carbons (Fsp3) is 0.467. The Bertz CT molecular complexity index is 569. The van der Waals surface area contributed by atoms with Crippen LogP contribution in [0.2, 0.25) is 0 Å². The van der Waals surface area contributed by atoms with E-state index in [0.29, 0.717) is 12.3 Å². The van der Waals surface area contributed by atoms with Crippen LogP contribution in [0.15, 0.2) is 30.6 Å². The molecule has 1 saturated heterocycles. The van der Waals surface area contributed by atoms with E-state index < -0.39 is 0 Å². The molecular formula is C15H19N3O. The molecule has 2 atom stereocenters. The van der Waals surface area contributed by atoms with Gasteiger partial charge in [-0.1, -0.05) is 19.9 Å². The number of imidazole rings is 1. The maximum atomic E-state index is 11.7. The minimum absolute atomic E-state index is 0.146. The van der Waals surface area contributed by atoms with Gasteiger partial charge >= 0.3 is 0 Å². The van der Waals surface area contributed by atoms with Crippen LogP contribution in [-0.2, 0) is 4.79 Å². The predicted molar refractivity (Wildman–Crippen MR) is 73.9 cm³/mol. The zero-order valence-corrected chi connectivity index (χ0v) is 11.3. The summed E-state index contributed by atoms with van der Waals surface area (Å²) in [5.41, 5.74) is 1.97. The third-order valence-electron chi connectivity index (χ3n) is 3.73. The molecule has 0 bridgehead atoms. The average molecular weight is 257 g/mol. The van der Waals surface area contributed by atoms with Crippen molar-refractivity contribution in [3.8, 4) is 0 Å². The molecule has 1 fully saturated rings. The van der Waals surface area contributed by atoms with Crippen LogP contribution in [0.1, 0.15) is 38.3 Å². The standard InChI is InChI=1S/C15H19N3O/c1-10(2)7-12-11(8-15(19)17-12)13-9-18-6-4-3-5-14(18)16-13/h3-6,9-12H,7-8H2,1-2H3,(H,17,19). The van der Waals surface area contributed by atoms with Crippen molar-refractivity contribution in [3.05, 3.63) is 36.3 Å². The van der Waals surface area contributed by atoms with Gasteiger partial charge in [-0.2, -0.15) is 0 Å². The molecular weight excluding hydrogens is 238 g/mol. The summed E-state index contributed by atoms with van der Waals surface area (Å²) in [6, 6.07) is 6.18. The van der Waals surface area contributed by atoms with Crippen molar-refractivity contribution in [1.82, 2.24) is 14.7 Å². The van der Waals surface area contributed by atoms with E-state index in [4.69, 9.17) is 0 Å². The van der Waals surface area contributed by atoms with Crippen molar-refractivity contribution in [2.24, 2.45) is 5.92 Å². The van der Waals surface area contributed by atoms with E-state index in [1.807, 2.05) is 35.0 Å². The number of hydrogen-bond donors (Lipinski definition) is 1. The van der Waals surface area contributed by atoms with Crippen LogP contribution in [0.4, 0.5) is 0 Å². The van der Waals surface area contributed by atoms with E-state index in [-0.39, 0.29) is 17.9 Å². The highest BCUT2D eigenvalue weighted by molar-refractivity contribution is 5.80. The summed E-state index contributed by atoms with van der Waals surface area (Å²) in [7, 11) is 0. The van der Waals surface area contributed by atoms with Crippen LogP contribution in [0.3, 0.4) is 0 Å². The second-order valence-electron chi connectivity index (χ2n) is 5.75. The summed E-state index contributed by atoms with van der Waals surface area (Å²) in [4.78, 5) is 16.3. The van der Waals surface area contributed by atoms with Crippen LogP contribution < -0.4 is 5.32 Å². The molecule has 4 nitrogen and oxygen atoms in total. The molecule has 1 aliphatic rings. The van der Waals surface area contributed by atoms with Crippen molar-refractivity contribution in [1.29, 1.82) is 0 Å². The van der Waals surface area contributed by atoms with Crippen molar-refractivity contribution in [2.75, 3.05) is 0 Å². The first-order chi connectivity index (χ1) is 9.13. The summed E-state index contributed by atoms with van der Waals surface area (Å²) in [6.45, 7) is 4.37. The Kier molecular flexibility index (Phi) is 3.01. The Morgan fingerprint density at radius 2 is 2.32 bits per heavy atom. The molecule has 2 aromatic rings. The van der Waals surface area contributed by atoms with Gasteiger partial charge in [-0.25, -0.2) is 4.98 Å². The molecule has 1 amide bonds. The summed E-state index contributed by atoms with van der Waals surface area (Å²) < 4.78 is 2.02. The number of nitrogens with zero attached hydrogens (tertiary/aromatic N) is 2. The van der Waals surface area contributed by atoms with Gasteiger partial charge in [0.1, 0.15) is 5.65 Å². The number of amides is 1. The molecule has 3 rings (SSSR count). The first-order valence-electron chi connectivity index (χ1n) is 6.86. The SMILES string of the molecule is CC(C)CC1NC(=O)CC1c1cn2ccccc2n1. The van der Waals surface area contributed by atoms with Crippen LogP contribution in [0.25, 0.3) is 5.65 Å².